The molecule has 0 atom stereocenters. The van der Waals surface area contributed by atoms with Gasteiger partial charge in [-0.25, -0.2) is 0 Å². The van der Waals surface area contributed by atoms with E-state index in [4.69, 9.17) is 4.74 Å². The number of carbonyl (C=O) groups is 1. The van der Waals surface area contributed by atoms with E-state index in [1.54, 1.807) is 12.4 Å². The summed E-state index contributed by atoms with van der Waals surface area (Å²) >= 11 is 0. The maximum atomic E-state index is 12.3. The molecule has 0 saturated carbocycles. The van der Waals surface area contributed by atoms with E-state index in [1.165, 1.54) is 0 Å². The third-order valence-electron chi connectivity index (χ3n) is 3.67. The molecule has 2 aliphatic heterocycles. The smallest absolute Gasteiger partial charge is 0.260 e. The Morgan fingerprint density at radius 1 is 1.25 bits per heavy atom. The standard InChI is InChI=1S/C16H12N2O2/c1-9-2-3-13-12(6-9)14(16(19)18-13)15-11-4-5-17-7-10(11)8-20-15/h2-7H,8H2,1H3,(H,18,19)/b15-14-. The molecule has 1 N–H and O–H groups in total. The Labute approximate surface area is 116 Å². The van der Waals surface area contributed by atoms with Crippen molar-refractivity contribution in [3.05, 3.63) is 58.9 Å². The van der Waals surface area contributed by atoms with Gasteiger partial charge in [-0.1, -0.05) is 11.6 Å². The highest BCUT2D eigenvalue weighted by molar-refractivity contribution is 6.36. The molecule has 0 fully saturated rings. The summed E-state index contributed by atoms with van der Waals surface area (Å²) in [5, 5.41) is 2.89. The number of fused-ring (bicyclic) bond motifs is 2. The largest absolute Gasteiger partial charge is 0.487 e. The summed E-state index contributed by atoms with van der Waals surface area (Å²) in [5.74, 6) is 0.550. The van der Waals surface area contributed by atoms with E-state index in [-0.39, 0.29) is 5.91 Å². The van der Waals surface area contributed by atoms with E-state index < -0.39 is 0 Å². The fourth-order valence-electron chi connectivity index (χ4n) is 2.70. The molecule has 0 spiro atoms. The number of amides is 1. The van der Waals surface area contributed by atoms with E-state index in [0.29, 0.717) is 17.9 Å². The van der Waals surface area contributed by atoms with E-state index in [0.717, 1.165) is 27.9 Å². The number of pyridine rings is 1. The molecule has 1 aromatic heterocycles. The predicted octanol–water partition coefficient (Wildman–Crippen LogP) is 2.74. The number of nitrogens with one attached hydrogen (secondary N) is 1. The SMILES string of the molecule is Cc1ccc2c(c1)/C(=C1/OCc3cnccc31)C(=O)N2. The van der Waals surface area contributed by atoms with Crippen molar-refractivity contribution < 1.29 is 9.53 Å². The number of rotatable bonds is 0. The maximum Gasteiger partial charge on any atom is 0.260 e. The van der Waals surface area contributed by atoms with Crippen LogP contribution in [0.25, 0.3) is 11.3 Å². The minimum atomic E-state index is -0.106. The molecule has 4 nitrogen and oxygen atoms in total. The Balaban J connectivity index is 1.98. The summed E-state index contributed by atoms with van der Waals surface area (Å²) in [4.78, 5) is 16.4. The lowest BCUT2D eigenvalue weighted by molar-refractivity contribution is -0.110. The third-order valence-corrected chi connectivity index (χ3v) is 3.67. The Kier molecular flexibility index (Phi) is 2.21. The van der Waals surface area contributed by atoms with Crippen molar-refractivity contribution in [1.82, 2.24) is 4.98 Å². The van der Waals surface area contributed by atoms with Crippen LogP contribution in [0.1, 0.15) is 22.3 Å². The van der Waals surface area contributed by atoms with Crippen LogP contribution in [0.15, 0.2) is 36.7 Å². The van der Waals surface area contributed by atoms with Crippen LogP contribution in [0.4, 0.5) is 5.69 Å². The lowest BCUT2D eigenvalue weighted by Crippen LogP contribution is -2.05. The van der Waals surface area contributed by atoms with Crippen LogP contribution >= 0.6 is 0 Å². The Bertz CT molecular complexity index is 778. The van der Waals surface area contributed by atoms with E-state index in [2.05, 4.69) is 10.3 Å². The van der Waals surface area contributed by atoms with Gasteiger partial charge in [0.15, 0.2) is 0 Å². The fourth-order valence-corrected chi connectivity index (χ4v) is 2.70. The van der Waals surface area contributed by atoms with Crippen molar-refractivity contribution in [2.24, 2.45) is 0 Å². The number of benzene rings is 1. The first kappa shape index (κ1) is 11.2. The van der Waals surface area contributed by atoms with Crippen LogP contribution in [-0.4, -0.2) is 10.9 Å². The molecule has 0 unspecified atom stereocenters. The maximum absolute atomic E-state index is 12.3. The molecule has 2 aliphatic rings. The molecule has 0 aliphatic carbocycles. The van der Waals surface area contributed by atoms with Crippen LogP contribution in [0.2, 0.25) is 0 Å². The molecule has 0 saturated heterocycles. The monoisotopic (exact) mass is 264 g/mol. The molecule has 1 amide bonds. The Hall–Kier alpha value is -2.62. The molecular formula is C16H12N2O2. The van der Waals surface area contributed by atoms with Gasteiger partial charge in [0.25, 0.3) is 5.91 Å². The number of ether oxygens (including phenoxy) is 1. The molecule has 20 heavy (non-hydrogen) atoms. The number of aromatic nitrogens is 1. The van der Waals surface area contributed by atoms with Gasteiger partial charge in [0.1, 0.15) is 12.4 Å². The molecule has 3 heterocycles. The number of anilines is 1. The first-order valence-corrected chi connectivity index (χ1v) is 6.47. The first-order chi connectivity index (χ1) is 9.74. The quantitative estimate of drug-likeness (QED) is 0.744. The lowest BCUT2D eigenvalue weighted by atomic mass is 10.0. The minimum absolute atomic E-state index is 0.106. The third kappa shape index (κ3) is 1.48. The number of carbonyl (C=O) groups excluding carboxylic acids is 1. The van der Waals surface area contributed by atoms with Crippen molar-refractivity contribution in [3.63, 3.8) is 0 Å². The van der Waals surface area contributed by atoms with Crippen molar-refractivity contribution in [2.75, 3.05) is 5.32 Å². The van der Waals surface area contributed by atoms with Crippen molar-refractivity contribution in [1.29, 1.82) is 0 Å². The zero-order chi connectivity index (χ0) is 13.7. The number of hydrogen-bond acceptors (Lipinski definition) is 3. The Morgan fingerprint density at radius 3 is 3.05 bits per heavy atom. The predicted molar refractivity (Wildman–Crippen MR) is 75.6 cm³/mol. The highest BCUT2D eigenvalue weighted by Gasteiger charge is 2.32. The van der Waals surface area contributed by atoms with Gasteiger partial charge in [-0.15, -0.1) is 0 Å². The summed E-state index contributed by atoms with van der Waals surface area (Å²) in [7, 11) is 0. The second kappa shape index (κ2) is 3.93. The highest BCUT2D eigenvalue weighted by atomic mass is 16.5. The lowest BCUT2D eigenvalue weighted by Gasteiger charge is -2.05. The van der Waals surface area contributed by atoms with Gasteiger partial charge in [0.2, 0.25) is 0 Å². The molecule has 2 aromatic rings. The molecule has 4 heteroatoms. The molecular weight excluding hydrogens is 252 g/mol. The molecule has 0 radical (unpaired) electrons. The van der Waals surface area contributed by atoms with Gasteiger partial charge in [-0.2, -0.15) is 0 Å². The summed E-state index contributed by atoms with van der Waals surface area (Å²) in [6.07, 6.45) is 3.50. The van der Waals surface area contributed by atoms with Crippen LogP contribution in [0.3, 0.4) is 0 Å². The number of nitrogens with zero attached hydrogens (tertiary/aromatic N) is 1. The van der Waals surface area contributed by atoms with Crippen LogP contribution in [-0.2, 0) is 16.1 Å². The number of aryl methyl sites for hydroxylation is 1. The molecule has 1 aromatic carbocycles. The zero-order valence-electron chi connectivity index (χ0n) is 10.9. The van der Waals surface area contributed by atoms with Crippen molar-refractivity contribution in [3.8, 4) is 0 Å². The van der Waals surface area contributed by atoms with Crippen LogP contribution in [0.5, 0.6) is 0 Å². The molecule has 98 valence electrons. The molecule has 4 rings (SSSR count). The van der Waals surface area contributed by atoms with Crippen LogP contribution in [0, 0.1) is 6.92 Å². The fraction of sp³-hybridized carbons (Fsp3) is 0.125. The summed E-state index contributed by atoms with van der Waals surface area (Å²) in [6.45, 7) is 2.48. The average molecular weight is 264 g/mol. The number of hydrogen-bond donors (Lipinski definition) is 1. The van der Waals surface area contributed by atoms with Crippen LogP contribution < -0.4 is 5.32 Å². The summed E-state index contributed by atoms with van der Waals surface area (Å²) < 4.78 is 5.75. The van der Waals surface area contributed by atoms with Gasteiger partial charge in [-0.3, -0.25) is 9.78 Å². The van der Waals surface area contributed by atoms with Gasteiger partial charge in [-0.05, 0) is 25.1 Å². The van der Waals surface area contributed by atoms with E-state index >= 15 is 0 Å². The second-order valence-corrected chi connectivity index (χ2v) is 5.03. The Morgan fingerprint density at radius 2 is 2.15 bits per heavy atom. The normalized spacial score (nSPS) is 19.4. The molecule has 0 bridgehead atoms. The van der Waals surface area contributed by atoms with Gasteiger partial charge < -0.3 is 10.1 Å². The van der Waals surface area contributed by atoms with Gasteiger partial charge in [0, 0.05) is 34.8 Å². The minimum Gasteiger partial charge on any atom is -0.487 e. The average Bonchev–Trinajstić information content (AvgIpc) is 2.99. The summed E-state index contributed by atoms with van der Waals surface area (Å²) in [6, 6.07) is 7.82. The first-order valence-electron chi connectivity index (χ1n) is 6.47. The van der Waals surface area contributed by atoms with Crippen molar-refractivity contribution >= 4 is 22.9 Å². The van der Waals surface area contributed by atoms with Gasteiger partial charge >= 0.3 is 0 Å². The van der Waals surface area contributed by atoms with Crippen molar-refractivity contribution in [2.45, 2.75) is 13.5 Å². The van der Waals surface area contributed by atoms with E-state index in [1.807, 2.05) is 31.2 Å². The zero-order valence-corrected chi connectivity index (χ0v) is 10.9. The second-order valence-electron chi connectivity index (χ2n) is 5.03. The van der Waals surface area contributed by atoms with E-state index in [9.17, 15) is 4.79 Å². The topological polar surface area (TPSA) is 51.2 Å². The van der Waals surface area contributed by atoms with Gasteiger partial charge in [0.05, 0.1) is 5.57 Å². The summed E-state index contributed by atoms with van der Waals surface area (Å²) in [5.41, 5.74) is 5.47. The highest BCUT2D eigenvalue weighted by Crippen LogP contribution is 2.41.